The highest BCUT2D eigenvalue weighted by Crippen LogP contribution is 2.25. The van der Waals surface area contributed by atoms with Crippen LogP contribution in [0.15, 0.2) is 18.2 Å². The quantitative estimate of drug-likeness (QED) is 0.649. The highest BCUT2D eigenvalue weighted by molar-refractivity contribution is 6.00. The molecule has 18 heavy (non-hydrogen) atoms. The Balaban J connectivity index is 2.73. The largest absolute Gasteiger partial charge is 0.494 e. The molecule has 2 amide bonds. The average molecular weight is 251 g/mol. The van der Waals surface area contributed by atoms with Gasteiger partial charge in [-0.1, -0.05) is 6.07 Å². The second-order valence-electron chi connectivity index (χ2n) is 3.56. The summed E-state index contributed by atoms with van der Waals surface area (Å²) in [6, 6.07) is 4.88. The molecule has 0 heterocycles. The molecule has 0 aliphatic carbocycles. The van der Waals surface area contributed by atoms with Crippen LogP contribution in [0.1, 0.15) is 17.3 Å². The van der Waals surface area contributed by atoms with E-state index in [1.807, 2.05) is 0 Å². The summed E-state index contributed by atoms with van der Waals surface area (Å²) in [5, 5.41) is 5.08. The molecule has 0 saturated carbocycles. The van der Waals surface area contributed by atoms with Crippen LogP contribution in [0.5, 0.6) is 5.75 Å². The minimum absolute atomic E-state index is 0.0787. The second kappa shape index (κ2) is 6.48. The van der Waals surface area contributed by atoms with Crippen LogP contribution in [0, 0.1) is 0 Å². The molecule has 0 bridgehead atoms. The number of carbonyl (C=O) groups excluding carboxylic acids is 2. The molecule has 0 saturated heterocycles. The summed E-state index contributed by atoms with van der Waals surface area (Å²) in [5.74, 6) is -0.329. The molecule has 0 radical (unpaired) electrons. The van der Waals surface area contributed by atoms with Gasteiger partial charge in [0.15, 0.2) is 5.75 Å². The van der Waals surface area contributed by atoms with E-state index in [-0.39, 0.29) is 12.5 Å². The van der Waals surface area contributed by atoms with Crippen LogP contribution in [-0.2, 0) is 4.79 Å². The molecule has 6 heteroatoms. The lowest BCUT2D eigenvalue weighted by molar-refractivity contribution is -0.120. The van der Waals surface area contributed by atoms with Gasteiger partial charge in [-0.25, -0.2) is 0 Å². The number of nitrogens with one attached hydrogen (secondary N) is 2. The minimum atomic E-state index is -0.398. The third-order valence-corrected chi connectivity index (χ3v) is 2.28. The van der Waals surface area contributed by atoms with Gasteiger partial charge in [0.05, 0.1) is 24.9 Å². The Kier molecular flexibility index (Phi) is 4.98. The van der Waals surface area contributed by atoms with Crippen LogP contribution >= 0.6 is 0 Å². The Labute approximate surface area is 105 Å². The highest BCUT2D eigenvalue weighted by Gasteiger charge is 2.14. The van der Waals surface area contributed by atoms with Crippen molar-refractivity contribution in [3.8, 4) is 5.75 Å². The molecule has 98 valence electrons. The van der Waals surface area contributed by atoms with Crippen LogP contribution in [0.2, 0.25) is 0 Å². The number of hydrogen-bond acceptors (Lipinski definition) is 4. The van der Waals surface area contributed by atoms with Gasteiger partial charge in [0.1, 0.15) is 0 Å². The highest BCUT2D eigenvalue weighted by atomic mass is 16.5. The molecule has 4 N–H and O–H groups in total. The van der Waals surface area contributed by atoms with E-state index in [0.29, 0.717) is 23.5 Å². The van der Waals surface area contributed by atoms with E-state index in [1.165, 1.54) is 7.11 Å². The van der Waals surface area contributed by atoms with E-state index in [9.17, 15) is 9.59 Å². The minimum Gasteiger partial charge on any atom is -0.494 e. The van der Waals surface area contributed by atoms with E-state index >= 15 is 0 Å². The van der Waals surface area contributed by atoms with Gasteiger partial charge in [0, 0.05) is 6.54 Å². The standard InChI is InChI=1S/C12H17N3O3/c1-3-14-10(16)7-15-12(17)8-5-4-6-9(13)11(8)18-2/h4-6H,3,7,13H2,1-2H3,(H,14,16)(H,15,17). The number of amides is 2. The van der Waals surface area contributed by atoms with Crippen molar-refractivity contribution in [1.29, 1.82) is 0 Å². The zero-order valence-corrected chi connectivity index (χ0v) is 10.4. The summed E-state index contributed by atoms with van der Waals surface area (Å²) in [4.78, 5) is 23.1. The first-order valence-electron chi connectivity index (χ1n) is 5.57. The molecular formula is C12H17N3O3. The SMILES string of the molecule is CCNC(=O)CNC(=O)c1cccc(N)c1OC. The molecule has 0 unspecified atom stereocenters. The molecule has 1 rings (SSSR count). The normalized spacial score (nSPS) is 9.67. The van der Waals surface area contributed by atoms with Gasteiger partial charge in [-0.15, -0.1) is 0 Å². The smallest absolute Gasteiger partial charge is 0.255 e. The van der Waals surface area contributed by atoms with Crippen molar-refractivity contribution >= 4 is 17.5 Å². The first-order chi connectivity index (χ1) is 8.60. The summed E-state index contributed by atoms with van der Waals surface area (Å²) in [6.45, 7) is 2.25. The first-order valence-corrected chi connectivity index (χ1v) is 5.57. The first kappa shape index (κ1) is 13.8. The Morgan fingerprint density at radius 1 is 1.33 bits per heavy atom. The number of rotatable bonds is 5. The molecule has 0 aromatic heterocycles. The van der Waals surface area contributed by atoms with Gasteiger partial charge >= 0.3 is 0 Å². The maximum absolute atomic E-state index is 11.9. The van der Waals surface area contributed by atoms with Crippen LogP contribution in [0.25, 0.3) is 0 Å². The van der Waals surface area contributed by atoms with Crippen molar-refractivity contribution in [2.24, 2.45) is 0 Å². The van der Waals surface area contributed by atoms with E-state index < -0.39 is 5.91 Å². The molecule has 0 aliphatic heterocycles. The zero-order chi connectivity index (χ0) is 13.5. The van der Waals surface area contributed by atoms with Crippen molar-refractivity contribution in [1.82, 2.24) is 10.6 Å². The predicted molar refractivity (Wildman–Crippen MR) is 68.4 cm³/mol. The van der Waals surface area contributed by atoms with Gasteiger partial charge in [-0.3, -0.25) is 9.59 Å². The summed E-state index contributed by atoms with van der Waals surface area (Å²) in [5.41, 5.74) is 6.37. The molecule has 0 fully saturated rings. The fourth-order valence-electron chi connectivity index (χ4n) is 1.48. The molecule has 0 atom stereocenters. The number of likely N-dealkylation sites (N-methyl/N-ethyl adjacent to an activating group) is 1. The maximum Gasteiger partial charge on any atom is 0.255 e. The summed E-state index contributed by atoms with van der Waals surface area (Å²) in [7, 11) is 1.44. The number of hydrogen-bond donors (Lipinski definition) is 3. The Bertz CT molecular complexity index is 446. The zero-order valence-electron chi connectivity index (χ0n) is 10.4. The maximum atomic E-state index is 11.9. The van der Waals surface area contributed by atoms with Crippen molar-refractivity contribution in [3.05, 3.63) is 23.8 Å². The van der Waals surface area contributed by atoms with E-state index in [4.69, 9.17) is 10.5 Å². The van der Waals surface area contributed by atoms with Gasteiger partial charge in [-0.05, 0) is 19.1 Å². The van der Waals surface area contributed by atoms with Gasteiger partial charge < -0.3 is 21.1 Å². The topological polar surface area (TPSA) is 93.5 Å². The number of nitrogen functional groups attached to an aromatic ring is 1. The summed E-state index contributed by atoms with van der Waals surface area (Å²) < 4.78 is 5.07. The van der Waals surface area contributed by atoms with Gasteiger partial charge in [-0.2, -0.15) is 0 Å². The Morgan fingerprint density at radius 3 is 2.67 bits per heavy atom. The third kappa shape index (κ3) is 3.38. The number of methoxy groups -OCH3 is 1. The lowest BCUT2D eigenvalue weighted by Gasteiger charge is -2.11. The van der Waals surface area contributed by atoms with Crippen LogP contribution in [-0.4, -0.2) is 32.0 Å². The lowest BCUT2D eigenvalue weighted by Crippen LogP contribution is -2.36. The summed E-state index contributed by atoms with van der Waals surface area (Å²) >= 11 is 0. The van der Waals surface area contributed by atoms with E-state index in [2.05, 4.69) is 10.6 Å². The average Bonchev–Trinajstić information content (AvgIpc) is 2.36. The Hall–Kier alpha value is -2.24. The van der Waals surface area contributed by atoms with Crippen LogP contribution in [0.4, 0.5) is 5.69 Å². The number of para-hydroxylation sites is 1. The van der Waals surface area contributed by atoms with Crippen molar-refractivity contribution in [2.45, 2.75) is 6.92 Å². The number of anilines is 1. The molecule has 0 spiro atoms. The third-order valence-electron chi connectivity index (χ3n) is 2.28. The molecule has 1 aromatic rings. The van der Waals surface area contributed by atoms with E-state index in [1.54, 1.807) is 25.1 Å². The monoisotopic (exact) mass is 251 g/mol. The van der Waals surface area contributed by atoms with Crippen LogP contribution in [0.3, 0.4) is 0 Å². The van der Waals surface area contributed by atoms with Crippen molar-refractivity contribution in [2.75, 3.05) is 25.9 Å². The number of benzene rings is 1. The lowest BCUT2D eigenvalue weighted by atomic mass is 10.1. The molecule has 1 aromatic carbocycles. The Morgan fingerprint density at radius 2 is 2.06 bits per heavy atom. The second-order valence-corrected chi connectivity index (χ2v) is 3.56. The van der Waals surface area contributed by atoms with Crippen molar-refractivity contribution in [3.63, 3.8) is 0 Å². The fraction of sp³-hybridized carbons (Fsp3) is 0.333. The van der Waals surface area contributed by atoms with Gasteiger partial charge in [0.2, 0.25) is 5.91 Å². The molecule has 0 aliphatic rings. The van der Waals surface area contributed by atoms with Crippen molar-refractivity contribution < 1.29 is 14.3 Å². The van der Waals surface area contributed by atoms with Gasteiger partial charge in [0.25, 0.3) is 5.91 Å². The van der Waals surface area contributed by atoms with E-state index in [0.717, 1.165) is 0 Å². The number of ether oxygens (including phenoxy) is 1. The molecular weight excluding hydrogens is 234 g/mol. The number of nitrogens with two attached hydrogens (primary N) is 1. The fourth-order valence-corrected chi connectivity index (χ4v) is 1.48. The number of carbonyl (C=O) groups is 2. The van der Waals surface area contributed by atoms with Crippen LogP contribution < -0.4 is 21.1 Å². The molecule has 6 nitrogen and oxygen atoms in total. The summed E-state index contributed by atoms with van der Waals surface area (Å²) in [6.07, 6.45) is 0. The predicted octanol–water partition coefficient (Wildman–Crippen LogP) is 0.143.